The third kappa shape index (κ3) is 2.63. The molecule has 168 valence electrons. The van der Waals surface area contributed by atoms with Crippen LogP contribution in [0.1, 0.15) is 48.6 Å². The predicted octanol–water partition coefficient (Wildman–Crippen LogP) is 8.99. The molecule has 0 bridgehead atoms. The Hall–Kier alpha value is -3.90. The van der Waals surface area contributed by atoms with Gasteiger partial charge in [-0.1, -0.05) is 136 Å². The lowest BCUT2D eigenvalue weighted by Crippen LogP contribution is -2.26. The summed E-state index contributed by atoms with van der Waals surface area (Å²) in [6.07, 6.45) is 0. The molecule has 0 nitrogen and oxygen atoms in total. The van der Waals surface area contributed by atoms with Gasteiger partial charge >= 0.3 is 0 Å². The van der Waals surface area contributed by atoms with E-state index in [4.69, 9.17) is 0 Å². The normalized spacial score (nSPS) is 14.4. The van der Waals surface area contributed by atoms with Crippen molar-refractivity contribution < 1.29 is 0 Å². The van der Waals surface area contributed by atoms with Crippen molar-refractivity contribution in [2.75, 3.05) is 0 Å². The molecule has 0 saturated heterocycles. The largest absolute Gasteiger partial charge is 0.0731 e. The Morgan fingerprint density at radius 3 is 1.37 bits per heavy atom. The van der Waals surface area contributed by atoms with Crippen LogP contribution in [0.25, 0.3) is 33.4 Å². The van der Waals surface area contributed by atoms with E-state index < -0.39 is 0 Å². The van der Waals surface area contributed by atoms with Crippen molar-refractivity contribution in [3.63, 3.8) is 0 Å². The van der Waals surface area contributed by atoms with E-state index in [0.29, 0.717) is 0 Å². The molecule has 2 aliphatic rings. The molecule has 0 heterocycles. The zero-order valence-corrected chi connectivity index (χ0v) is 20.5. The van der Waals surface area contributed by atoms with Crippen LogP contribution in [-0.4, -0.2) is 0 Å². The molecule has 0 unspecified atom stereocenters. The van der Waals surface area contributed by atoms with Gasteiger partial charge in [-0.05, 0) is 66.6 Å². The van der Waals surface area contributed by atoms with Crippen molar-refractivity contribution >= 4 is 0 Å². The second-order valence-corrected chi connectivity index (χ2v) is 10.9. The molecule has 0 aromatic heterocycles. The standard InChI is InChI=1S/C35H28/c1-34(2,3)24-21-19-23(20-22-24)25-14-10-15-29-28-13-6-9-18-32(28)35(33(25)29)30-16-7-4-11-26(30)27-12-5-8-17-31(27)35/h4-22H,1-3H3. The van der Waals surface area contributed by atoms with E-state index in [-0.39, 0.29) is 10.8 Å². The van der Waals surface area contributed by atoms with Crippen LogP contribution in [0.4, 0.5) is 0 Å². The van der Waals surface area contributed by atoms with Crippen LogP contribution in [0.5, 0.6) is 0 Å². The minimum atomic E-state index is -0.307. The fourth-order valence-corrected chi connectivity index (χ4v) is 6.55. The van der Waals surface area contributed by atoms with Crippen molar-refractivity contribution in [1.29, 1.82) is 0 Å². The SMILES string of the molecule is CC(C)(C)c1ccc(-c2cccc3c2C2(c4ccccc4-c4ccccc42)c2ccccc2-3)cc1. The number of benzene rings is 5. The van der Waals surface area contributed by atoms with E-state index in [2.05, 4.69) is 136 Å². The Balaban J connectivity index is 1.61. The molecular formula is C35H28. The second-order valence-electron chi connectivity index (χ2n) is 10.9. The molecule has 0 saturated carbocycles. The fraction of sp³-hybridized carbons (Fsp3) is 0.143. The molecule has 0 atom stereocenters. The average molecular weight is 449 g/mol. The van der Waals surface area contributed by atoms with Crippen molar-refractivity contribution in [2.45, 2.75) is 31.6 Å². The van der Waals surface area contributed by atoms with Gasteiger partial charge in [0.1, 0.15) is 0 Å². The van der Waals surface area contributed by atoms with Crippen LogP contribution in [-0.2, 0) is 10.8 Å². The Morgan fingerprint density at radius 2 is 0.857 bits per heavy atom. The first-order valence-electron chi connectivity index (χ1n) is 12.5. The second kappa shape index (κ2) is 7.06. The van der Waals surface area contributed by atoms with Crippen LogP contribution in [0, 0.1) is 0 Å². The number of hydrogen-bond donors (Lipinski definition) is 0. The van der Waals surface area contributed by atoms with Crippen molar-refractivity contribution in [3.05, 3.63) is 143 Å². The van der Waals surface area contributed by atoms with Crippen molar-refractivity contribution in [3.8, 4) is 33.4 Å². The summed E-state index contributed by atoms with van der Waals surface area (Å²) < 4.78 is 0. The number of fused-ring (bicyclic) bond motifs is 10. The summed E-state index contributed by atoms with van der Waals surface area (Å²) in [5.41, 5.74) is 14.8. The van der Waals surface area contributed by atoms with Crippen LogP contribution >= 0.6 is 0 Å². The van der Waals surface area contributed by atoms with Crippen LogP contribution in [0.2, 0.25) is 0 Å². The minimum Gasteiger partial charge on any atom is -0.0619 e. The molecule has 2 aliphatic carbocycles. The van der Waals surface area contributed by atoms with E-state index in [9.17, 15) is 0 Å². The van der Waals surface area contributed by atoms with Gasteiger partial charge in [0.25, 0.3) is 0 Å². The highest BCUT2D eigenvalue weighted by molar-refractivity contribution is 5.98. The van der Waals surface area contributed by atoms with E-state index in [0.717, 1.165) is 0 Å². The summed E-state index contributed by atoms with van der Waals surface area (Å²) >= 11 is 0. The summed E-state index contributed by atoms with van der Waals surface area (Å²) in [6.45, 7) is 6.83. The molecular weight excluding hydrogens is 420 g/mol. The molecule has 0 amide bonds. The van der Waals surface area contributed by atoms with Gasteiger partial charge < -0.3 is 0 Å². The summed E-state index contributed by atoms with van der Waals surface area (Å²) in [7, 11) is 0. The minimum absolute atomic E-state index is 0.137. The maximum atomic E-state index is 2.35. The molecule has 0 aliphatic heterocycles. The highest BCUT2D eigenvalue weighted by Gasteiger charge is 2.52. The zero-order chi connectivity index (χ0) is 23.8. The fourth-order valence-electron chi connectivity index (χ4n) is 6.55. The molecule has 35 heavy (non-hydrogen) atoms. The molecule has 0 heteroatoms. The summed E-state index contributed by atoms with van der Waals surface area (Å²) in [4.78, 5) is 0. The van der Waals surface area contributed by atoms with Crippen LogP contribution in [0.3, 0.4) is 0 Å². The van der Waals surface area contributed by atoms with E-state index in [1.54, 1.807) is 0 Å². The van der Waals surface area contributed by atoms with Gasteiger partial charge in [0.2, 0.25) is 0 Å². The average Bonchev–Trinajstić information content (AvgIpc) is 3.36. The Bertz CT molecular complexity index is 1550. The topological polar surface area (TPSA) is 0 Å². The Labute approximate surface area is 207 Å². The molecule has 1 spiro atoms. The predicted molar refractivity (Wildman–Crippen MR) is 147 cm³/mol. The molecule has 0 N–H and O–H groups in total. The zero-order valence-electron chi connectivity index (χ0n) is 20.5. The van der Waals surface area contributed by atoms with E-state index in [1.165, 1.54) is 61.2 Å². The lowest BCUT2D eigenvalue weighted by atomic mass is 9.68. The van der Waals surface area contributed by atoms with E-state index >= 15 is 0 Å². The maximum absolute atomic E-state index is 2.35. The van der Waals surface area contributed by atoms with Gasteiger partial charge in [-0.25, -0.2) is 0 Å². The van der Waals surface area contributed by atoms with Gasteiger partial charge in [0.05, 0.1) is 5.41 Å². The Kier molecular flexibility index (Phi) is 4.13. The molecule has 7 rings (SSSR count). The number of rotatable bonds is 1. The third-order valence-electron chi connectivity index (χ3n) is 8.07. The van der Waals surface area contributed by atoms with Crippen LogP contribution < -0.4 is 0 Å². The third-order valence-corrected chi connectivity index (χ3v) is 8.07. The van der Waals surface area contributed by atoms with Gasteiger partial charge in [0.15, 0.2) is 0 Å². The molecule has 5 aromatic carbocycles. The summed E-state index contributed by atoms with van der Waals surface area (Å²) in [6, 6.07) is 43.2. The first-order chi connectivity index (χ1) is 17.0. The van der Waals surface area contributed by atoms with Crippen LogP contribution in [0.15, 0.2) is 115 Å². The summed E-state index contributed by atoms with van der Waals surface area (Å²) in [5, 5.41) is 0. The highest BCUT2D eigenvalue weighted by atomic mass is 14.5. The first kappa shape index (κ1) is 20.5. The quantitative estimate of drug-likeness (QED) is 0.235. The molecule has 0 fully saturated rings. The smallest absolute Gasteiger partial charge is 0.0619 e. The lowest BCUT2D eigenvalue weighted by molar-refractivity contribution is 0.590. The van der Waals surface area contributed by atoms with Gasteiger partial charge in [0, 0.05) is 0 Å². The lowest BCUT2D eigenvalue weighted by Gasteiger charge is -2.32. The molecule has 0 radical (unpaired) electrons. The van der Waals surface area contributed by atoms with E-state index in [1.807, 2.05) is 0 Å². The highest BCUT2D eigenvalue weighted by Crippen LogP contribution is 2.64. The van der Waals surface area contributed by atoms with Gasteiger partial charge in [-0.3, -0.25) is 0 Å². The summed E-state index contributed by atoms with van der Waals surface area (Å²) in [5.74, 6) is 0. The monoisotopic (exact) mass is 448 g/mol. The van der Waals surface area contributed by atoms with Gasteiger partial charge in [-0.2, -0.15) is 0 Å². The first-order valence-corrected chi connectivity index (χ1v) is 12.5. The molecule has 5 aromatic rings. The van der Waals surface area contributed by atoms with Crippen molar-refractivity contribution in [2.24, 2.45) is 0 Å². The van der Waals surface area contributed by atoms with Gasteiger partial charge in [-0.15, -0.1) is 0 Å². The Morgan fingerprint density at radius 1 is 0.429 bits per heavy atom. The maximum Gasteiger partial charge on any atom is 0.0731 e. The number of hydrogen-bond acceptors (Lipinski definition) is 0. The van der Waals surface area contributed by atoms with Crippen molar-refractivity contribution in [1.82, 2.24) is 0 Å².